The van der Waals surface area contributed by atoms with Crippen molar-refractivity contribution in [3.8, 4) is 23.0 Å². The summed E-state index contributed by atoms with van der Waals surface area (Å²) >= 11 is 10.1. The van der Waals surface area contributed by atoms with Crippen molar-refractivity contribution in [2.75, 3.05) is 35.0 Å². The van der Waals surface area contributed by atoms with Gasteiger partial charge in [0.2, 0.25) is 0 Å². The van der Waals surface area contributed by atoms with Crippen LogP contribution in [0.5, 0.6) is 23.0 Å². The maximum absolute atomic E-state index is 6.41. The largest absolute Gasteiger partial charge is 0.493 e. The molecule has 1 aliphatic rings. The molecule has 0 spiro atoms. The highest BCUT2D eigenvalue weighted by Crippen LogP contribution is 2.37. The van der Waals surface area contributed by atoms with E-state index in [2.05, 4.69) is 46.3 Å². The number of nitrogens with one attached hydrogen (secondary N) is 1. The standard InChI is InChI=1S/C26H27BrClNO4/c1-30-22-11-16-8-9-29(15-18-12-23(31-2)25(33-4)14-21(18)27)26(20(16)13-24(22)32-3)17-6-5-7-19(28)10-17/h5-7,10-14,26H,8-9,15H2,1-4H3/p+1/t26-/m0/s1. The Morgan fingerprint density at radius 2 is 1.52 bits per heavy atom. The topological polar surface area (TPSA) is 41.4 Å². The molecule has 0 amide bonds. The highest BCUT2D eigenvalue weighted by Gasteiger charge is 2.34. The lowest BCUT2D eigenvalue weighted by molar-refractivity contribution is -0.941. The van der Waals surface area contributed by atoms with Gasteiger partial charge in [0.25, 0.3) is 0 Å². The van der Waals surface area contributed by atoms with Gasteiger partial charge in [-0.1, -0.05) is 39.7 Å². The van der Waals surface area contributed by atoms with Crippen molar-refractivity contribution in [1.82, 2.24) is 0 Å². The molecule has 174 valence electrons. The number of methoxy groups -OCH3 is 4. The molecular formula is C26H28BrClNO4+. The lowest BCUT2D eigenvalue weighted by Gasteiger charge is -2.35. The van der Waals surface area contributed by atoms with Crippen molar-refractivity contribution in [1.29, 1.82) is 0 Å². The van der Waals surface area contributed by atoms with E-state index in [0.717, 1.165) is 51.8 Å². The first-order chi connectivity index (χ1) is 16.0. The molecule has 0 aromatic heterocycles. The molecule has 1 heterocycles. The number of ether oxygens (including phenoxy) is 4. The van der Waals surface area contributed by atoms with Crippen LogP contribution in [0, 0.1) is 0 Å². The fourth-order valence-electron chi connectivity index (χ4n) is 4.65. The summed E-state index contributed by atoms with van der Waals surface area (Å²) in [6.07, 6.45) is 0.937. The van der Waals surface area contributed by atoms with Crippen LogP contribution in [0.15, 0.2) is 53.0 Å². The van der Waals surface area contributed by atoms with Gasteiger partial charge in [0.15, 0.2) is 23.0 Å². The molecule has 4 rings (SSSR count). The Balaban J connectivity index is 1.80. The third kappa shape index (κ3) is 4.79. The highest BCUT2D eigenvalue weighted by molar-refractivity contribution is 9.10. The molecule has 0 fully saturated rings. The van der Waals surface area contributed by atoms with Gasteiger partial charge in [0, 0.05) is 32.6 Å². The van der Waals surface area contributed by atoms with Crippen LogP contribution in [0.3, 0.4) is 0 Å². The van der Waals surface area contributed by atoms with E-state index in [1.807, 2.05) is 18.2 Å². The predicted octanol–water partition coefficient (Wildman–Crippen LogP) is 4.87. The monoisotopic (exact) mass is 532 g/mol. The summed E-state index contributed by atoms with van der Waals surface area (Å²) in [5.74, 6) is 2.91. The molecular weight excluding hydrogens is 506 g/mol. The van der Waals surface area contributed by atoms with Gasteiger partial charge >= 0.3 is 0 Å². The smallest absolute Gasteiger partial charge is 0.161 e. The maximum atomic E-state index is 6.41. The zero-order valence-corrected chi connectivity index (χ0v) is 21.5. The van der Waals surface area contributed by atoms with Crippen molar-refractivity contribution >= 4 is 27.5 Å². The molecule has 5 nitrogen and oxygen atoms in total. The number of rotatable bonds is 7. The molecule has 1 unspecified atom stereocenters. The van der Waals surface area contributed by atoms with Crippen LogP contribution in [0.25, 0.3) is 0 Å². The molecule has 1 aliphatic heterocycles. The predicted molar refractivity (Wildman–Crippen MR) is 133 cm³/mol. The average Bonchev–Trinajstić information content (AvgIpc) is 2.83. The van der Waals surface area contributed by atoms with Crippen LogP contribution in [-0.4, -0.2) is 35.0 Å². The van der Waals surface area contributed by atoms with E-state index in [-0.39, 0.29) is 6.04 Å². The van der Waals surface area contributed by atoms with Crippen molar-refractivity contribution in [3.05, 3.63) is 80.3 Å². The summed E-state index contributed by atoms with van der Waals surface area (Å²) in [6.45, 7) is 1.76. The SMILES string of the molecule is COc1cc(Br)c(C[NH+]2CCc3cc(OC)c(OC)cc3[C@@H]2c2cccc(Cl)c2)cc1OC. The van der Waals surface area contributed by atoms with Gasteiger partial charge in [-0.25, -0.2) is 0 Å². The van der Waals surface area contributed by atoms with Crippen LogP contribution < -0.4 is 23.8 Å². The highest BCUT2D eigenvalue weighted by atomic mass is 79.9. The second-order valence-electron chi connectivity index (χ2n) is 8.03. The van der Waals surface area contributed by atoms with E-state index in [0.29, 0.717) is 5.75 Å². The summed E-state index contributed by atoms with van der Waals surface area (Å²) < 4.78 is 23.2. The van der Waals surface area contributed by atoms with Crippen LogP contribution in [0.4, 0.5) is 0 Å². The Morgan fingerprint density at radius 3 is 2.18 bits per heavy atom. The zero-order valence-electron chi connectivity index (χ0n) is 19.2. The minimum Gasteiger partial charge on any atom is -0.493 e. The zero-order chi connectivity index (χ0) is 23.5. The van der Waals surface area contributed by atoms with E-state index in [1.54, 1.807) is 28.4 Å². The fourth-order valence-corrected chi connectivity index (χ4v) is 5.31. The van der Waals surface area contributed by atoms with E-state index >= 15 is 0 Å². The normalized spacial score (nSPS) is 17.3. The number of hydrogen-bond acceptors (Lipinski definition) is 4. The first-order valence-electron chi connectivity index (χ1n) is 10.7. The molecule has 2 atom stereocenters. The van der Waals surface area contributed by atoms with E-state index in [1.165, 1.54) is 21.6 Å². The second kappa shape index (κ2) is 10.2. The number of fused-ring (bicyclic) bond motifs is 1. The van der Waals surface area contributed by atoms with E-state index in [9.17, 15) is 0 Å². The van der Waals surface area contributed by atoms with Gasteiger partial charge in [0.05, 0.1) is 35.0 Å². The molecule has 3 aromatic rings. The Kier molecular flexibility index (Phi) is 7.37. The number of hydrogen-bond donors (Lipinski definition) is 1. The molecule has 7 heteroatoms. The van der Waals surface area contributed by atoms with Crippen LogP contribution >= 0.6 is 27.5 Å². The maximum Gasteiger partial charge on any atom is 0.161 e. The lowest BCUT2D eigenvalue weighted by Crippen LogP contribution is -3.12. The Labute approximate surface area is 208 Å². The van der Waals surface area contributed by atoms with Gasteiger partial charge in [-0.2, -0.15) is 0 Å². The van der Waals surface area contributed by atoms with Gasteiger partial charge in [-0.05, 0) is 42.0 Å². The number of benzene rings is 3. The summed E-state index contributed by atoms with van der Waals surface area (Å²) in [6, 6.07) is 16.4. The van der Waals surface area contributed by atoms with E-state index in [4.69, 9.17) is 30.5 Å². The summed E-state index contributed by atoms with van der Waals surface area (Å²) in [5, 5.41) is 0.728. The van der Waals surface area contributed by atoms with Gasteiger partial charge in [-0.3, -0.25) is 0 Å². The Morgan fingerprint density at radius 1 is 0.879 bits per heavy atom. The molecule has 0 bridgehead atoms. The van der Waals surface area contributed by atoms with Crippen molar-refractivity contribution in [2.45, 2.75) is 19.0 Å². The summed E-state index contributed by atoms with van der Waals surface area (Å²) in [5.41, 5.74) is 4.82. The summed E-state index contributed by atoms with van der Waals surface area (Å²) in [7, 11) is 6.65. The van der Waals surface area contributed by atoms with Crippen LogP contribution in [0.1, 0.15) is 28.3 Å². The minimum absolute atomic E-state index is 0.0900. The molecule has 0 saturated carbocycles. The molecule has 1 N–H and O–H groups in total. The molecule has 33 heavy (non-hydrogen) atoms. The summed E-state index contributed by atoms with van der Waals surface area (Å²) in [4.78, 5) is 1.41. The quantitative estimate of drug-likeness (QED) is 0.471. The Hall–Kier alpha value is -2.41. The lowest BCUT2D eigenvalue weighted by atomic mass is 9.87. The number of halogens is 2. The Bertz CT molecular complexity index is 1150. The first-order valence-corrected chi connectivity index (χ1v) is 11.9. The van der Waals surface area contributed by atoms with Crippen LogP contribution in [0.2, 0.25) is 5.02 Å². The van der Waals surface area contributed by atoms with Gasteiger partial charge < -0.3 is 23.8 Å². The molecule has 3 aromatic carbocycles. The van der Waals surface area contributed by atoms with Crippen molar-refractivity contribution in [2.24, 2.45) is 0 Å². The van der Waals surface area contributed by atoms with E-state index < -0.39 is 0 Å². The van der Waals surface area contributed by atoms with Crippen molar-refractivity contribution < 1.29 is 23.8 Å². The van der Waals surface area contributed by atoms with Gasteiger partial charge in [0.1, 0.15) is 12.6 Å². The molecule has 0 radical (unpaired) electrons. The fraction of sp³-hybridized carbons (Fsp3) is 0.308. The minimum atomic E-state index is 0.0900. The average molecular weight is 534 g/mol. The molecule has 0 saturated heterocycles. The van der Waals surface area contributed by atoms with Gasteiger partial charge in [-0.15, -0.1) is 0 Å². The van der Waals surface area contributed by atoms with Crippen molar-refractivity contribution in [3.63, 3.8) is 0 Å². The third-order valence-electron chi connectivity index (χ3n) is 6.23. The first kappa shape index (κ1) is 23.7. The second-order valence-corrected chi connectivity index (χ2v) is 9.32. The number of quaternary nitrogens is 1. The van der Waals surface area contributed by atoms with Crippen LogP contribution in [-0.2, 0) is 13.0 Å². The third-order valence-corrected chi connectivity index (χ3v) is 7.21. The molecule has 0 aliphatic carbocycles.